The van der Waals surface area contributed by atoms with Crippen molar-refractivity contribution in [1.29, 1.82) is 0 Å². The number of carbonyl (C=O) groups is 2. The van der Waals surface area contributed by atoms with Crippen LogP contribution in [0.25, 0.3) is 11.4 Å². The maximum absolute atomic E-state index is 12.1. The lowest BCUT2D eigenvalue weighted by molar-refractivity contribution is -0.140. The average molecular weight is 402 g/mol. The van der Waals surface area contributed by atoms with Crippen LogP contribution in [0.2, 0.25) is 5.15 Å². The second-order valence-electron chi connectivity index (χ2n) is 6.24. The van der Waals surface area contributed by atoms with Gasteiger partial charge in [-0.1, -0.05) is 18.2 Å². The van der Waals surface area contributed by atoms with Crippen LogP contribution in [0.5, 0.6) is 0 Å². The molecule has 3 heterocycles. The molecule has 9 heteroatoms. The lowest BCUT2D eigenvalue weighted by atomic mass is 10.00. The molecule has 0 aliphatic carbocycles. The van der Waals surface area contributed by atoms with Gasteiger partial charge in [0.2, 0.25) is 5.91 Å². The summed E-state index contributed by atoms with van der Waals surface area (Å²) in [6.45, 7) is 6.36. The number of carbonyl (C=O) groups excluding carboxylic acids is 2. The molecule has 2 aromatic heterocycles. The highest BCUT2D eigenvalue weighted by atomic mass is 35.5. The molecule has 146 valence electrons. The first-order valence-corrected chi connectivity index (χ1v) is 9.09. The smallest absolute Gasteiger partial charge is 0.269 e. The Morgan fingerprint density at radius 2 is 2.11 bits per heavy atom. The van der Waals surface area contributed by atoms with Crippen molar-refractivity contribution in [1.82, 2.24) is 25.2 Å². The third-order valence-corrected chi connectivity index (χ3v) is 4.74. The van der Waals surface area contributed by atoms with E-state index in [0.29, 0.717) is 24.5 Å². The molecule has 0 unspecified atom stereocenters. The van der Waals surface area contributed by atoms with Crippen LogP contribution in [0.3, 0.4) is 0 Å². The van der Waals surface area contributed by atoms with Gasteiger partial charge in [0, 0.05) is 13.6 Å². The fourth-order valence-corrected chi connectivity index (χ4v) is 3.37. The molecule has 1 saturated heterocycles. The molecule has 0 aromatic carbocycles. The minimum absolute atomic E-state index is 0.146. The molecule has 2 atom stereocenters. The number of rotatable bonds is 4. The zero-order chi connectivity index (χ0) is 20.3. The summed E-state index contributed by atoms with van der Waals surface area (Å²) in [7, 11) is 1.53. The summed E-state index contributed by atoms with van der Waals surface area (Å²) in [6.07, 6.45) is 2.22. The Bertz CT molecular complexity index is 920. The van der Waals surface area contributed by atoms with Crippen LogP contribution in [-0.4, -0.2) is 57.9 Å². The first kappa shape index (κ1) is 19.9. The first-order chi connectivity index (χ1) is 13.4. The lowest BCUT2D eigenvalue weighted by Gasteiger charge is -2.39. The largest absolute Gasteiger partial charge is 0.370 e. The Morgan fingerprint density at radius 3 is 2.82 bits per heavy atom. The Hall–Kier alpha value is -2.84. The number of hydrogen-bond donors (Lipinski definition) is 1. The van der Waals surface area contributed by atoms with E-state index in [2.05, 4.69) is 26.8 Å². The molecule has 1 N–H and O–H groups in total. The molecule has 0 bridgehead atoms. The van der Waals surface area contributed by atoms with E-state index in [9.17, 15) is 9.59 Å². The zero-order valence-corrected chi connectivity index (χ0v) is 16.3. The van der Waals surface area contributed by atoms with E-state index in [1.165, 1.54) is 19.5 Å². The minimum Gasteiger partial charge on any atom is -0.370 e. The van der Waals surface area contributed by atoms with Crippen molar-refractivity contribution in [2.75, 3.05) is 20.2 Å². The summed E-state index contributed by atoms with van der Waals surface area (Å²) < 4.78 is 5.91. The molecule has 0 radical (unpaired) electrons. The number of nitrogens with one attached hydrogen (secondary N) is 1. The van der Waals surface area contributed by atoms with Crippen molar-refractivity contribution in [3.63, 3.8) is 0 Å². The second kappa shape index (κ2) is 8.45. The zero-order valence-electron chi connectivity index (χ0n) is 15.6. The van der Waals surface area contributed by atoms with Gasteiger partial charge in [0.15, 0.2) is 0 Å². The van der Waals surface area contributed by atoms with Crippen molar-refractivity contribution >= 4 is 23.4 Å². The molecule has 0 saturated carbocycles. The number of halogens is 1. The molecule has 1 aliphatic heterocycles. The van der Waals surface area contributed by atoms with E-state index < -0.39 is 0 Å². The summed E-state index contributed by atoms with van der Waals surface area (Å²) >= 11 is 6.24. The van der Waals surface area contributed by atoms with Gasteiger partial charge in [-0.2, -0.15) is 0 Å². The van der Waals surface area contributed by atoms with Crippen LogP contribution in [0, 0.1) is 0 Å². The van der Waals surface area contributed by atoms with Gasteiger partial charge >= 0.3 is 0 Å². The van der Waals surface area contributed by atoms with E-state index in [4.69, 9.17) is 16.3 Å². The molecule has 1 aliphatic rings. The maximum atomic E-state index is 12.1. The van der Waals surface area contributed by atoms with Gasteiger partial charge < -0.3 is 15.0 Å². The summed E-state index contributed by atoms with van der Waals surface area (Å²) in [5.41, 5.74) is 1.93. The predicted molar refractivity (Wildman–Crippen MR) is 104 cm³/mol. The lowest BCUT2D eigenvalue weighted by Crippen LogP contribution is -2.48. The van der Waals surface area contributed by atoms with E-state index in [-0.39, 0.29) is 34.8 Å². The van der Waals surface area contributed by atoms with E-state index in [1.807, 2.05) is 6.92 Å². The van der Waals surface area contributed by atoms with Gasteiger partial charge in [0.25, 0.3) is 5.91 Å². The third-order valence-electron chi connectivity index (χ3n) is 4.55. The van der Waals surface area contributed by atoms with Gasteiger partial charge in [-0.15, -0.1) is 0 Å². The van der Waals surface area contributed by atoms with Crippen LogP contribution in [0.4, 0.5) is 0 Å². The monoisotopic (exact) mass is 401 g/mol. The van der Waals surface area contributed by atoms with Crippen molar-refractivity contribution in [2.45, 2.75) is 19.1 Å². The quantitative estimate of drug-likeness (QED) is 0.621. The minimum atomic E-state index is -0.378. The average Bonchev–Trinajstić information content (AvgIpc) is 2.72. The highest BCUT2D eigenvalue weighted by Crippen LogP contribution is 2.32. The van der Waals surface area contributed by atoms with Crippen LogP contribution in [0.1, 0.15) is 29.1 Å². The Labute approximate surface area is 167 Å². The fraction of sp³-hybridized carbons (Fsp3) is 0.316. The molecular formula is C19H20ClN5O3. The number of ether oxygens (including phenoxy) is 1. The Balaban J connectivity index is 1.97. The molecule has 1 fully saturated rings. The number of hydrogen-bond acceptors (Lipinski definition) is 6. The topological polar surface area (TPSA) is 97.3 Å². The van der Waals surface area contributed by atoms with Crippen molar-refractivity contribution in [3.05, 3.63) is 53.6 Å². The van der Waals surface area contributed by atoms with Crippen LogP contribution in [0.15, 0.2) is 37.2 Å². The van der Waals surface area contributed by atoms with Crippen molar-refractivity contribution in [3.8, 4) is 11.4 Å². The molecule has 28 heavy (non-hydrogen) atoms. The van der Waals surface area contributed by atoms with Gasteiger partial charge in [0.05, 0.1) is 24.0 Å². The Morgan fingerprint density at radius 1 is 1.32 bits per heavy atom. The number of pyridine rings is 1. The third kappa shape index (κ3) is 4.02. The SMILES string of the molecule is C=CC(=O)N1CCO[C@H](c2cc(Cl)nc(-c3cc(C(=O)NC)ncn3)c2)[C@H]1C. The second-order valence-corrected chi connectivity index (χ2v) is 6.63. The summed E-state index contributed by atoms with van der Waals surface area (Å²) in [5, 5.41) is 2.78. The standard InChI is InChI=1S/C19H20ClN5O3/c1-4-17(26)25-5-6-28-18(11(25)2)12-7-14(24-16(20)8-12)13-9-15(19(27)21-3)23-10-22-13/h4,7-11,18H,1,5-6H2,2-3H3,(H,21,27)/t11-,18+/m1/s1. The maximum Gasteiger partial charge on any atom is 0.269 e. The fourth-order valence-electron chi connectivity index (χ4n) is 3.15. The number of morpholine rings is 1. The normalized spacial score (nSPS) is 19.2. The summed E-state index contributed by atoms with van der Waals surface area (Å²) in [6, 6.07) is 4.83. The van der Waals surface area contributed by atoms with Crippen LogP contribution in [-0.2, 0) is 9.53 Å². The van der Waals surface area contributed by atoms with Crippen LogP contribution >= 0.6 is 11.6 Å². The molecule has 2 amide bonds. The number of amides is 2. The van der Waals surface area contributed by atoms with Crippen molar-refractivity contribution < 1.29 is 14.3 Å². The molecule has 8 nitrogen and oxygen atoms in total. The summed E-state index contributed by atoms with van der Waals surface area (Å²) in [4.78, 5) is 38.1. The molecular weight excluding hydrogens is 382 g/mol. The number of aromatic nitrogens is 3. The molecule has 2 aromatic rings. The molecule has 3 rings (SSSR count). The van der Waals surface area contributed by atoms with Gasteiger partial charge in [-0.05, 0) is 36.8 Å². The van der Waals surface area contributed by atoms with E-state index in [0.717, 1.165) is 5.56 Å². The number of nitrogens with zero attached hydrogens (tertiary/aromatic N) is 4. The molecule has 0 spiro atoms. The summed E-state index contributed by atoms with van der Waals surface area (Å²) in [5.74, 6) is -0.471. The van der Waals surface area contributed by atoms with E-state index >= 15 is 0 Å². The van der Waals surface area contributed by atoms with Gasteiger partial charge in [0.1, 0.15) is 23.3 Å². The van der Waals surface area contributed by atoms with Crippen molar-refractivity contribution in [2.24, 2.45) is 0 Å². The van der Waals surface area contributed by atoms with Gasteiger partial charge in [-0.25, -0.2) is 15.0 Å². The van der Waals surface area contributed by atoms with Gasteiger partial charge in [-0.3, -0.25) is 9.59 Å². The highest BCUT2D eigenvalue weighted by Gasteiger charge is 2.32. The van der Waals surface area contributed by atoms with Crippen LogP contribution < -0.4 is 5.32 Å². The first-order valence-electron chi connectivity index (χ1n) is 8.71. The Kier molecular flexibility index (Phi) is 6.01. The highest BCUT2D eigenvalue weighted by molar-refractivity contribution is 6.29. The predicted octanol–water partition coefficient (Wildman–Crippen LogP) is 2.03. The van der Waals surface area contributed by atoms with E-state index in [1.54, 1.807) is 23.1 Å².